The van der Waals surface area contributed by atoms with Crippen LogP contribution in [0.1, 0.15) is 35.1 Å². The zero-order chi connectivity index (χ0) is 20.5. The Balaban J connectivity index is 1.47. The van der Waals surface area contributed by atoms with E-state index < -0.39 is 11.7 Å². The molecule has 0 atom stereocenters. The minimum Gasteiger partial charge on any atom is -0.502 e. The van der Waals surface area contributed by atoms with Crippen molar-refractivity contribution in [2.45, 2.75) is 39.3 Å². The number of carbonyl (C=O) groups is 2. The van der Waals surface area contributed by atoms with Gasteiger partial charge in [0.15, 0.2) is 5.76 Å². The molecule has 0 saturated carbocycles. The van der Waals surface area contributed by atoms with Crippen LogP contribution >= 0.6 is 0 Å². The van der Waals surface area contributed by atoms with Gasteiger partial charge in [-0.3, -0.25) is 19.4 Å². The van der Waals surface area contributed by atoms with E-state index in [1.54, 1.807) is 0 Å². The van der Waals surface area contributed by atoms with Crippen molar-refractivity contribution >= 4 is 17.4 Å². The van der Waals surface area contributed by atoms with Gasteiger partial charge in [0.2, 0.25) is 0 Å². The Bertz CT molecular complexity index is 973. The van der Waals surface area contributed by atoms with E-state index in [-0.39, 0.29) is 17.5 Å². The number of hydrogen-bond acceptors (Lipinski definition) is 4. The van der Waals surface area contributed by atoms with Crippen molar-refractivity contribution < 1.29 is 14.7 Å². The maximum atomic E-state index is 13.1. The van der Waals surface area contributed by atoms with Crippen LogP contribution in [0.4, 0.5) is 0 Å². The van der Waals surface area contributed by atoms with Gasteiger partial charge in [0.05, 0.1) is 5.57 Å². The molecule has 0 spiro atoms. The first-order valence-electron chi connectivity index (χ1n) is 10.1. The van der Waals surface area contributed by atoms with E-state index >= 15 is 0 Å². The number of rotatable bonds is 4. The van der Waals surface area contributed by atoms with Gasteiger partial charge >= 0.3 is 0 Å². The van der Waals surface area contributed by atoms with Crippen molar-refractivity contribution in [1.82, 2.24) is 9.80 Å². The Kier molecular flexibility index (Phi) is 5.24. The molecule has 29 heavy (non-hydrogen) atoms. The number of piperidine rings is 1. The van der Waals surface area contributed by atoms with Crippen LogP contribution in [0.2, 0.25) is 0 Å². The summed E-state index contributed by atoms with van der Waals surface area (Å²) in [6.07, 6.45) is 1.44. The standard InChI is InChI=1S/C24H26N2O3/c1-16-8-9-20(17(2)14-16)21-22(27)24(29)26(23(21)28)19-10-12-25(13-11-19)15-18-6-4-3-5-7-18/h3-9,14,19,27H,10-13,15H2,1-2H3. The lowest BCUT2D eigenvalue weighted by Crippen LogP contribution is -2.47. The monoisotopic (exact) mass is 390 g/mol. The number of aliphatic hydroxyl groups is 1. The Labute approximate surface area is 171 Å². The van der Waals surface area contributed by atoms with Crippen molar-refractivity contribution in [3.05, 3.63) is 76.5 Å². The summed E-state index contributed by atoms with van der Waals surface area (Å²) in [6, 6.07) is 15.8. The molecule has 0 unspecified atom stereocenters. The number of imide groups is 1. The maximum absolute atomic E-state index is 13.1. The first-order chi connectivity index (χ1) is 14.0. The molecule has 1 fully saturated rings. The smallest absolute Gasteiger partial charge is 0.296 e. The van der Waals surface area contributed by atoms with E-state index in [1.165, 1.54) is 10.5 Å². The van der Waals surface area contributed by atoms with E-state index in [2.05, 4.69) is 17.0 Å². The summed E-state index contributed by atoms with van der Waals surface area (Å²) in [4.78, 5) is 29.5. The quantitative estimate of drug-likeness (QED) is 0.811. The lowest BCUT2D eigenvalue weighted by atomic mass is 9.97. The first kappa shape index (κ1) is 19.4. The number of nitrogens with zero attached hydrogens (tertiary/aromatic N) is 2. The summed E-state index contributed by atoms with van der Waals surface area (Å²) < 4.78 is 0. The second-order valence-electron chi connectivity index (χ2n) is 8.02. The normalized spacial score (nSPS) is 18.8. The first-order valence-corrected chi connectivity index (χ1v) is 10.1. The Hall–Kier alpha value is -2.92. The molecule has 2 aromatic carbocycles. The molecule has 2 heterocycles. The van der Waals surface area contributed by atoms with Gasteiger partial charge in [-0.2, -0.15) is 0 Å². The lowest BCUT2D eigenvalue weighted by Gasteiger charge is -2.35. The van der Waals surface area contributed by atoms with Gasteiger partial charge in [-0.25, -0.2) is 0 Å². The number of aliphatic hydroxyl groups excluding tert-OH is 1. The van der Waals surface area contributed by atoms with Crippen molar-refractivity contribution in [2.75, 3.05) is 13.1 Å². The summed E-state index contributed by atoms with van der Waals surface area (Å²) in [5.74, 6) is -1.36. The molecule has 1 N–H and O–H groups in total. The van der Waals surface area contributed by atoms with Crippen LogP contribution in [0.5, 0.6) is 0 Å². The third-order valence-corrected chi connectivity index (χ3v) is 5.91. The molecular formula is C24H26N2O3. The number of benzene rings is 2. The second-order valence-corrected chi connectivity index (χ2v) is 8.02. The zero-order valence-electron chi connectivity index (χ0n) is 16.9. The average Bonchev–Trinajstić information content (AvgIpc) is 2.93. The minimum atomic E-state index is -0.563. The van der Waals surface area contributed by atoms with Crippen LogP contribution in [-0.4, -0.2) is 45.9 Å². The van der Waals surface area contributed by atoms with E-state index in [0.717, 1.165) is 43.6 Å². The van der Waals surface area contributed by atoms with Crippen LogP contribution in [0.3, 0.4) is 0 Å². The number of likely N-dealkylation sites (tertiary alicyclic amines) is 1. The Morgan fingerprint density at radius 3 is 2.31 bits per heavy atom. The fourth-order valence-corrected chi connectivity index (χ4v) is 4.38. The Morgan fingerprint density at radius 2 is 1.66 bits per heavy atom. The third-order valence-electron chi connectivity index (χ3n) is 5.91. The topological polar surface area (TPSA) is 60.9 Å². The van der Waals surface area contributed by atoms with Crippen LogP contribution in [-0.2, 0) is 16.1 Å². The fraction of sp³-hybridized carbons (Fsp3) is 0.333. The van der Waals surface area contributed by atoms with Gasteiger partial charge in [0.1, 0.15) is 0 Å². The van der Waals surface area contributed by atoms with E-state index in [1.807, 2.05) is 50.2 Å². The molecule has 2 aromatic rings. The molecule has 0 bridgehead atoms. The number of hydrogen-bond donors (Lipinski definition) is 1. The van der Waals surface area contributed by atoms with Gasteiger partial charge in [-0.15, -0.1) is 0 Å². The predicted molar refractivity (Wildman–Crippen MR) is 112 cm³/mol. The van der Waals surface area contributed by atoms with Crippen molar-refractivity contribution in [1.29, 1.82) is 0 Å². The average molecular weight is 390 g/mol. The van der Waals surface area contributed by atoms with Crippen LogP contribution in [0.15, 0.2) is 54.3 Å². The highest BCUT2D eigenvalue weighted by molar-refractivity contribution is 6.35. The highest BCUT2D eigenvalue weighted by atomic mass is 16.3. The zero-order valence-corrected chi connectivity index (χ0v) is 16.9. The summed E-state index contributed by atoms with van der Waals surface area (Å²) in [6.45, 7) is 6.37. The summed E-state index contributed by atoms with van der Waals surface area (Å²) >= 11 is 0. The van der Waals surface area contributed by atoms with Gasteiger partial charge in [0, 0.05) is 25.7 Å². The number of carbonyl (C=O) groups excluding carboxylic acids is 2. The van der Waals surface area contributed by atoms with Gasteiger partial charge in [-0.05, 0) is 43.4 Å². The van der Waals surface area contributed by atoms with Gasteiger partial charge < -0.3 is 5.11 Å². The van der Waals surface area contributed by atoms with Gasteiger partial charge in [0.25, 0.3) is 11.8 Å². The molecule has 2 aliphatic heterocycles. The number of aryl methyl sites for hydroxylation is 2. The SMILES string of the molecule is Cc1ccc(C2=C(O)C(=O)N(C3CCN(Cc4ccccc4)CC3)C2=O)c(C)c1. The van der Waals surface area contributed by atoms with Crippen molar-refractivity contribution in [3.8, 4) is 0 Å². The predicted octanol–water partition coefficient (Wildman–Crippen LogP) is 3.61. The van der Waals surface area contributed by atoms with Crippen molar-refractivity contribution in [3.63, 3.8) is 0 Å². The molecule has 150 valence electrons. The summed E-state index contributed by atoms with van der Waals surface area (Å²) in [5, 5.41) is 10.5. The minimum absolute atomic E-state index is 0.138. The number of amides is 2. The third kappa shape index (κ3) is 3.70. The molecule has 1 saturated heterocycles. The second kappa shape index (κ2) is 7.84. The molecule has 2 amide bonds. The highest BCUT2D eigenvalue weighted by Gasteiger charge is 2.44. The molecular weight excluding hydrogens is 364 g/mol. The molecule has 5 heteroatoms. The maximum Gasteiger partial charge on any atom is 0.296 e. The summed E-state index contributed by atoms with van der Waals surface area (Å²) in [5.41, 5.74) is 3.99. The van der Waals surface area contributed by atoms with E-state index in [4.69, 9.17) is 0 Å². The van der Waals surface area contributed by atoms with Crippen LogP contribution < -0.4 is 0 Å². The lowest BCUT2D eigenvalue weighted by molar-refractivity contribution is -0.141. The molecule has 4 rings (SSSR count). The largest absolute Gasteiger partial charge is 0.502 e. The fourth-order valence-electron chi connectivity index (χ4n) is 4.38. The highest BCUT2D eigenvalue weighted by Crippen LogP contribution is 2.33. The molecule has 2 aliphatic rings. The van der Waals surface area contributed by atoms with Gasteiger partial charge in [-0.1, -0.05) is 54.1 Å². The van der Waals surface area contributed by atoms with Crippen LogP contribution in [0.25, 0.3) is 5.57 Å². The molecule has 0 radical (unpaired) electrons. The van der Waals surface area contributed by atoms with E-state index in [0.29, 0.717) is 5.56 Å². The Morgan fingerprint density at radius 1 is 0.966 bits per heavy atom. The van der Waals surface area contributed by atoms with Crippen molar-refractivity contribution in [2.24, 2.45) is 0 Å². The van der Waals surface area contributed by atoms with E-state index in [9.17, 15) is 14.7 Å². The molecule has 0 aliphatic carbocycles. The van der Waals surface area contributed by atoms with Crippen LogP contribution in [0, 0.1) is 13.8 Å². The molecule has 5 nitrogen and oxygen atoms in total. The molecule has 0 aromatic heterocycles. The summed E-state index contributed by atoms with van der Waals surface area (Å²) in [7, 11) is 0.